The SMILES string of the molecule is CCCCN(C)P1(=O)OCC(C)(C)CO1. The van der Waals surface area contributed by atoms with E-state index in [9.17, 15) is 4.57 Å². The lowest BCUT2D eigenvalue weighted by Gasteiger charge is -2.37. The first kappa shape index (κ1) is 13.2. The molecule has 0 spiro atoms. The smallest absolute Gasteiger partial charge is 0.296 e. The second-order valence-corrected chi connectivity index (χ2v) is 7.05. The van der Waals surface area contributed by atoms with Gasteiger partial charge in [0.25, 0.3) is 0 Å². The van der Waals surface area contributed by atoms with E-state index in [-0.39, 0.29) is 5.41 Å². The summed E-state index contributed by atoms with van der Waals surface area (Å²) in [4.78, 5) is 0. The third-order valence-corrected chi connectivity index (χ3v) is 4.44. The third-order valence-electron chi connectivity index (χ3n) is 2.49. The molecule has 0 aromatic rings. The molecule has 0 aliphatic carbocycles. The zero-order valence-corrected chi connectivity index (χ0v) is 11.0. The molecule has 0 bridgehead atoms. The molecule has 0 amide bonds. The highest BCUT2D eigenvalue weighted by Gasteiger charge is 2.39. The molecule has 1 heterocycles. The Balaban J connectivity index is 2.50. The highest BCUT2D eigenvalue weighted by atomic mass is 31.2. The van der Waals surface area contributed by atoms with Crippen LogP contribution < -0.4 is 0 Å². The van der Waals surface area contributed by atoms with Crippen molar-refractivity contribution in [1.82, 2.24) is 4.67 Å². The second-order valence-electron chi connectivity index (χ2n) is 4.91. The van der Waals surface area contributed by atoms with Crippen LogP contribution in [0, 0.1) is 5.41 Å². The molecular weight excluding hydrogens is 213 g/mol. The van der Waals surface area contributed by atoms with E-state index in [1.165, 1.54) is 0 Å². The molecule has 5 heteroatoms. The molecule has 1 aliphatic heterocycles. The Labute approximate surface area is 92.5 Å². The van der Waals surface area contributed by atoms with Crippen molar-refractivity contribution < 1.29 is 13.6 Å². The van der Waals surface area contributed by atoms with Gasteiger partial charge in [-0.05, 0) is 13.5 Å². The van der Waals surface area contributed by atoms with Crippen molar-refractivity contribution in [3.63, 3.8) is 0 Å². The molecule has 0 aromatic carbocycles. The van der Waals surface area contributed by atoms with E-state index in [2.05, 4.69) is 6.92 Å². The molecule has 1 fully saturated rings. The minimum absolute atomic E-state index is 0.0283. The van der Waals surface area contributed by atoms with Gasteiger partial charge in [-0.25, -0.2) is 9.24 Å². The zero-order chi connectivity index (χ0) is 11.5. The standard InChI is InChI=1S/C10H22NO3P/c1-5-6-7-11(4)15(12)13-8-10(2,3)9-14-15/h5-9H2,1-4H3. The second kappa shape index (κ2) is 4.96. The molecule has 0 aromatic heterocycles. The zero-order valence-electron chi connectivity index (χ0n) is 10.2. The monoisotopic (exact) mass is 235 g/mol. The molecule has 90 valence electrons. The topological polar surface area (TPSA) is 38.8 Å². The summed E-state index contributed by atoms with van der Waals surface area (Å²) in [5.41, 5.74) is -0.0283. The summed E-state index contributed by atoms with van der Waals surface area (Å²) in [6.45, 7) is 7.95. The van der Waals surface area contributed by atoms with E-state index >= 15 is 0 Å². The van der Waals surface area contributed by atoms with Crippen molar-refractivity contribution in [2.24, 2.45) is 5.41 Å². The summed E-state index contributed by atoms with van der Waals surface area (Å²) in [7, 11) is -1.18. The molecule has 4 nitrogen and oxygen atoms in total. The predicted octanol–water partition coefficient (Wildman–Crippen LogP) is 2.90. The highest BCUT2D eigenvalue weighted by Crippen LogP contribution is 2.55. The van der Waals surface area contributed by atoms with Crippen molar-refractivity contribution in [3.8, 4) is 0 Å². The first-order valence-electron chi connectivity index (χ1n) is 5.50. The van der Waals surface area contributed by atoms with Gasteiger partial charge in [0.2, 0.25) is 0 Å². The van der Waals surface area contributed by atoms with Gasteiger partial charge in [0, 0.05) is 12.0 Å². The van der Waals surface area contributed by atoms with E-state index in [4.69, 9.17) is 9.05 Å². The normalized spacial score (nSPS) is 24.3. The van der Waals surface area contributed by atoms with Gasteiger partial charge in [-0.1, -0.05) is 27.2 Å². The van der Waals surface area contributed by atoms with E-state index < -0.39 is 7.75 Å². The van der Waals surface area contributed by atoms with Crippen molar-refractivity contribution in [2.45, 2.75) is 33.6 Å². The first-order chi connectivity index (χ1) is 6.90. The van der Waals surface area contributed by atoms with Crippen molar-refractivity contribution >= 4 is 7.75 Å². The predicted molar refractivity (Wildman–Crippen MR) is 60.8 cm³/mol. The quantitative estimate of drug-likeness (QED) is 0.702. The summed E-state index contributed by atoms with van der Waals surface area (Å²) in [5.74, 6) is 0. The van der Waals surface area contributed by atoms with Crippen LogP contribution in [-0.4, -0.2) is 31.5 Å². The Kier molecular flexibility index (Phi) is 4.36. The minimum Gasteiger partial charge on any atom is -0.296 e. The highest BCUT2D eigenvalue weighted by molar-refractivity contribution is 7.51. The van der Waals surface area contributed by atoms with Gasteiger partial charge >= 0.3 is 7.75 Å². The maximum Gasteiger partial charge on any atom is 0.407 e. The van der Waals surface area contributed by atoms with Crippen molar-refractivity contribution in [1.29, 1.82) is 0 Å². The number of hydrogen-bond acceptors (Lipinski definition) is 3. The van der Waals surface area contributed by atoms with E-state index in [1.807, 2.05) is 13.8 Å². The summed E-state index contributed by atoms with van der Waals surface area (Å²) in [6, 6.07) is 0. The molecule has 1 aliphatic rings. The van der Waals surface area contributed by atoms with Gasteiger partial charge in [0.1, 0.15) is 0 Å². The van der Waals surface area contributed by atoms with Crippen LogP contribution in [0.15, 0.2) is 0 Å². The Morgan fingerprint density at radius 3 is 2.33 bits per heavy atom. The lowest BCUT2D eigenvalue weighted by molar-refractivity contribution is 0.0236. The van der Waals surface area contributed by atoms with E-state index in [0.717, 1.165) is 19.4 Å². The molecular formula is C10H22NO3P. The van der Waals surface area contributed by atoms with Crippen LogP contribution in [0.2, 0.25) is 0 Å². The van der Waals surface area contributed by atoms with Crippen molar-refractivity contribution in [2.75, 3.05) is 26.8 Å². The number of nitrogens with zero attached hydrogens (tertiary/aromatic N) is 1. The van der Waals surface area contributed by atoms with Gasteiger partial charge in [-0.2, -0.15) is 0 Å². The molecule has 0 N–H and O–H groups in total. The fourth-order valence-corrected chi connectivity index (χ4v) is 3.18. The molecule has 0 radical (unpaired) electrons. The van der Waals surface area contributed by atoms with Crippen LogP contribution in [0.3, 0.4) is 0 Å². The summed E-state index contributed by atoms with van der Waals surface area (Å²) < 4.78 is 24.7. The first-order valence-corrected chi connectivity index (χ1v) is 7.00. The van der Waals surface area contributed by atoms with Crippen molar-refractivity contribution in [3.05, 3.63) is 0 Å². The number of rotatable bonds is 4. The fourth-order valence-electron chi connectivity index (χ4n) is 1.30. The van der Waals surface area contributed by atoms with E-state index in [1.54, 1.807) is 11.7 Å². The number of hydrogen-bond donors (Lipinski definition) is 0. The van der Waals surface area contributed by atoms with Crippen LogP contribution in [0.5, 0.6) is 0 Å². The van der Waals surface area contributed by atoms with Crippen LogP contribution in [-0.2, 0) is 13.6 Å². The lowest BCUT2D eigenvalue weighted by Crippen LogP contribution is -2.33. The Bertz CT molecular complexity index is 241. The van der Waals surface area contributed by atoms with Crippen LogP contribution in [0.4, 0.5) is 0 Å². The van der Waals surface area contributed by atoms with Gasteiger partial charge < -0.3 is 0 Å². The molecule has 1 saturated heterocycles. The maximum atomic E-state index is 12.2. The van der Waals surface area contributed by atoms with E-state index in [0.29, 0.717) is 13.2 Å². The molecule has 0 atom stereocenters. The van der Waals surface area contributed by atoms with Crippen LogP contribution >= 0.6 is 7.75 Å². The average molecular weight is 235 g/mol. The summed E-state index contributed by atoms with van der Waals surface area (Å²) in [5, 5.41) is 0. The average Bonchev–Trinajstić information content (AvgIpc) is 2.19. The van der Waals surface area contributed by atoms with Crippen LogP contribution in [0.1, 0.15) is 33.6 Å². The summed E-state index contributed by atoms with van der Waals surface area (Å²) in [6.07, 6.45) is 2.09. The molecule has 15 heavy (non-hydrogen) atoms. The lowest BCUT2D eigenvalue weighted by atomic mass is 9.97. The Morgan fingerprint density at radius 2 is 1.87 bits per heavy atom. The Morgan fingerprint density at radius 1 is 1.33 bits per heavy atom. The van der Waals surface area contributed by atoms with Gasteiger partial charge in [0.15, 0.2) is 0 Å². The maximum absolute atomic E-state index is 12.2. The van der Waals surface area contributed by atoms with Gasteiger partial charge in [-0.3, -0.25) is 9.05 Å². The Hall–Kier alpha value is 0.110. The van der Waals surface area contributed by atoms with Crippen LogP contribution in [0.25, 0.3) is 0 Å². The molecule has 1 rings (SSSR count). The minimum atomic E-state index is -2.98. The third kappa shape index (κ3) is 3.56. The summed E-state index contributed by atoms with van der Waals surface area (Å²) >= 11 is 0. The number of unbranched alkanes of at least 4 members (excludes halogenated alkanes) is 1. The van der Waals surface area contributed by atoms with Gasteiger partial charge in [0.05, 0.1) is 13.2 Å². The van der Waals surface area contributed by atoms with Gasteiger partial charge in [-0.15, -0.1) is 0 Å². The fraction of sp³-hybridized carbons (Fsp3) is 1.00. The molecule has 0 unspecified atom stereocenters. The largest absolute Gasteiger partial charge is 0.407 e. The molecule has 0 saturated carbocycles.